The Kier molecular flexibility index (Phi) is 5.12. The van der Waals surface area contributed by atoms with E-state index in [1.807, 2.05) is 0 Å². The molecule has 6 N–H and O–H groups in total. The van der Waals surface area contributed by atoms with Gasteiger partial charge in [-0.05, 0) is 30.7 Å². The highest BCUT2D eigenvalue weighted by Crippen LogP contribution is 2.47. The standard InChI is InChI=1S/C21H20O9/c22-6-5-11(24)18(26)21-20(28)17-15(30-21)8-14-16(19(17)27)12(25)7-13(29-14)9-1-3-10(23)4-2-9/h1-4,7-8,11,18,20-24,26-28H,5-6H2. The van der Waals surface area contributed by atoms with E-state index in [0.717, 1.165) is 0 Å². The summed E-state index contributed by atoms with van der Waals surface area (Å²) in [5, 5.41) is 59.5. The third-order valence-corrected chi connectivity index (χ3v) is 5.17. The van der Waals surface area contributed by atoms with Crippen molar-refractivity contribution in [3.05, 3.63) is 52.2 Å². The normalized spacial score (nSPS) is 20.0. The number of ether oxygens (including phenoxy) is 1. The lowest BCUT2D eigenvalue weighted by Crippen LogP contribution is -2.42. The molecule has 1 aliphatic rings. The van der Waals surface area contributed by atoms with Crippen LogP contribution in [0.4, 0.5) is 0 Å². The van der Waals surface area contributed by atoms with Gasteiger partial charge in [0.1, 0.15) is 46.2 Å². The predicted molar refractivity (Wildman–Crippen MR) is 104 cm³/mol. The van der Waals surface area contributed by atoms with Gasteiger partial charge in [-0.25, -0.2) is 0 Å². The summed E-state index contributed by atoms with van der Waals surface area (Å²) in [4.78, 5) is 12.7. The highest BCUT2D eigenvalue weighted by Gasteiger charge is 2.43. The first kappa shape index (κ1) is 20.2. The van der Waals surface area contributed by atoms with Crippen molar-refractivity contribution in [3.8, 4) is 28.6 Å². The molecule has 1 aliphatic heterocycles. The largest absolute Gasteiger partial charge is 0.508 e. The summed E-state index contributed by atoms with van der Waals surface area (Å²) in [5.41, 5.74) is -0.128. The quantitative estimate of drug-likeness (QED) is 0.353. The van der Waals surface area contributed by atoms with Gasteiger partial charge in [0.05, 0.1) is 11.7 Å². The van der Waals surface area contributed by atoms with Gasteiger partial charge in [0, 0.05) is 24.3 Å². The van der Waals surface area contributed by atoms with Crippen molar-refractivity contribution in [2.45, 2.75) is 30.8 Å². The van der Waals surface area contributed by atoms with Crippen molar-refractivity contribution in [1.82, 2.24) is 0 Å². The SMILES string of the molecule is O=c1cc(-c2ccc(O)cc2)oc2cc3c(c(O)c12)C(O)C(C(O)C(O)CCO)O3. The van der Waals surface area contributed by atoms with Crippen LogP contribution < -0.4 is 10.2 Å². The molecule has 1 aromatic heterocycles. The second kappa shape index (κ2) is 7.62. The number of aromatic hydroxyl groups is 2. The van der Waals surface area contributed by atoms with Crippen molar-refractivity contribution in [1.29, 1.82) is 0 Å². The van der Waals surface area contributed by atoms with E-state index >= 15 is 0 Å². The Hall–Kier alpha value is -3.11. The number of hydrogen-bond donors (Lipinski definition) is 6. The highest BCUT2D eigenvalue weighted by molar-refractivity contribution is 5.88. The zero-order chi connectivity index (χ0) is 21.6. The second-order valence-corrected chi connectivity index (χ2v) is 7.13. The van der Waals surface area contributed by atoms with Crippen LogP contribution in [0.2, 0.25) is 0 Å². The molecule has 4 unspecified atom stereocenters. The molecule has 2 heterocycles. The van der Waals surface area contributed by atoms with E-state index in [0.29, 0.717) is 5.56 Å². The first-order valence-electron chi connectivity index (χ1n) is 9.26. The van der Waals surface area contributed by atoms with Gasteiger partial charge in [-0.2, -0.15) is 0 Å². The second-order valence-electron chi connectivity index (χ2n) is 7.13. The lowest BCUT2D eigenvalue weighted by molar-refractivity contribution is -0.0855. The Morgan fingerprint density at radius 2 is 1.77 bits per heavy atom. The van der Waals surface area contributed by atoms with Crippen molar-refractivity contribution < 1.29 is 39.8 Å². The van der Waals surface area contributed by atoms with E-state index < -0.39 is 35.6 Å². The van der Waals surface area contributed by atoms with Crippen LogP contribution in [-0.2, 0) is 0 Å². The fourth-order valence-electron chi connectivity index (χ4n) is 3.60. The summed E-state index contributed by atoms with van der Waals surface area (Å²) < 4.78 is 11.3. The summed E-state index contributed by atoms with van der Waals surface area (Å²) in [6.07, 6.45) is -5.85. The first-order chi connectivity index (χ1) is 14.3. The summed E-state index contributed by atoms with van der Waals surface area (Å²) in [7, 11) is 0. The molecule has 30 heavy (non-hydrogen) atoms. The Morgan fingerprint density at radius 3 is 2.43 bits per heavy atom. The van der Waals surface area contributed by atoms with Gasteiger partial charge >= 0.3 is 0 Å². The maximum atomic E-state index is 12.7. The van der Waals surface area contributed by atoms with Crippen LogP contribution in [0.15, 0.2) is 45.6 Å². The number of aliphatic hydroxyl groups is 4. The Morgan fingerprint density at radius 1 is 1.07 bits per heavy atom. The zero-order valence-corrected chi connectivity index (χ0v) is 15.6. The maximum Gasteiger partial charge on any atom is 0.197 e. The third-order valence-electron chi connectivity index (χ3n) is 5.17. The lowest BCUT2D eigenvalue weighted by Gasteiger charge is -2.24. The molecule has 0 saturated heterocycles. The van der Waals surface area contributed by atoms with Crippen molar-refractivity contribution >= 4 is 11.0 Å². The number of rotatable bonds is 5. The van der Waals surface area contributed by atoms with Crippen LogP contribution in [-0.4, -0.2) is 55.6 Å². The van der Waals surface area contributed by atoms with Crippen LogP contribution in [0.3, 0.4) is 0 Å². The molecule has 9 heteroatoms. The molecule has 0 radical (unpaired) electrons. The number of phenols is 2. The predicted octanol–water partition coefficient (Wildman–Crippen LogP) is 0.770. The van der Waals surface area contributed by atoms with E-state index in [2.05, 4.69) is 0 Å². The first-order valence-corrected chi connectivity index (χ1v) is 9.26. The van der Waals surface area contributed by atoms with Crippen molar-refractivity contribution in [2.75, 3.05) is 6.61 Å². The van der Waals surface area contributed by atoms with Crippen molar-refractivity contribution in [3.63, 3.8) is 0 Å². The molecular weight excluding hydrogens is 396 g/mol. The zero-order valence-electron chi connectivity index (χ0n) is 15.6. The molecule has 158 valence electrons. The molecule has 0 spiro atoms. The Bertz CT molecular complexity index is 1140. The number of benzene rings is 2. The fraction of sp³-hybridized carbons (Fsp3) is 0.286. The topological polar surface area (TPSA) is 161 Å². The van der Waals surface area contributed by atoms with Gasteiger partial charge in [-0.3, -0.25) is 4.79 Å². The van der Waals surface area contributed by atoms with E-state index in [1.165, 1.54) is 24.3 Å². The average Bonchev–Trinajstić information content (AvgIpc) is 3.04. The molecule has 4 atom stereocenters. The number of phenolic OH excluding ortho intramolecular Hbond substituents is 2. The van der Waals surface area contributed by atoms with Crippen molar-refractivity contribution in [2.24, 2.45) is 0 Å². The smallest absolute Gasteiger partial charge is 0.197 e. The van der Waals surface area contributed by atoms with Crippen LogP contribution in [0.25, 0.3) is 22.3 Å². The summed E-state index contributed by atoms with van der Waals surface area (Å²) in [5.74, 6) is -0.292. The minimum Gasteiger partial charge on any atom is -0.508 e. The van der Waals surface area contributed by atoms with Gasteiger partial charge < -0.3 is 39.8 Å². The van der Waals surface area contributed by atoms with Crippen LogP contribution in [0.5, 0.6) is 17.2 Å². The molecule has 0 saturated carbocycles. The Labute approximate surface area is 169 Å². The Balaban J connectivity index is 1.79. The monoisotopic (exact) mass is 416 g/mol. The van der Waals surface area contributed by atoms with E-state index in [4.69, 9.17) is 14.3 Å². The van der Waals surface area contributed by atoms with Gasteiger partial charge in [0.25, 0.3) is 0 Å². The summed E-state index contributed by atoms with van der Waals surface area (Å²) in [6, 6.07) is 8.49. The molecule has 0 aliphatic carbocycles. The van der Waals surface area contributed by atoms with Gasteiger partial charge in [0.2, 0.25) is 0 Å². The van der Waals surface area contributed by atoms with Crippen LogP contribution >= 0.6 is 0 Å². The van der Waals surface area contributed by atoms with E-state index in [9.17, 15) is 30.3 Å². The fourth-order valence-corrected chi connectivity index (χ4v) is 3.60. The molecule has 0 bridgehead atoms. The van der Waals surface area contributed by atoms with Crippen LogP contribution in [0, 0.1) is 0 Å². The molecule has 0 amide bonds. The maximum absolute atomic E-state index is 12.7. The van der Waals surface area contributed by atoms with E-state index in [-0.39, 0.29) is 46.8 Å². The minimum absolute atomic E-state index is 0.0000662. The number of hydrogen-bond acceptors (Lipinski definition) is 9. The summed E-state index contributed by atoms with van der Waals surface area (Å²) in [6.45, 7) is -0.373. The average molecular weight is 416 g/mol. The molecule has 4 rings (SSSR count). The number of aliphatic hydroxyl groups excluding tert-OH is 4. The highest BCUT2D eigenvalue weighted by atomic mass is 16.5. The van der Waals surface area contributed by atoms with Gasteiger partial charge in [-0.1, -0.05) is 0 Å². The van der Waals surface area contributed by atoms with E-state index in [1.54, 1.807) is 12.1 Å². The molecule has 0 fully saturated rings. The van der Waals surface area contributed by atoms with Gasteiger partial charge in [-0.15, -0.1) is 0 Å². The lowest BCUT2D eigenvalue weighted by atomic mass is 9.96. The molecule has 3 aromatic rings. The minimum atomic E-state index is -1.54. The molecular formula is C21H20O9. The number of fused-ring (bicyclic) bond motifs is 2. The van der Waals surface area contributed by atoms with Gasteiger partial charge in [0.15, 0.2) is 11.5 Å². The molecule has 2 aromatic carbocycles. The summed E-state index contributed by atoms with van der Waals surface area (Å²) >= 11 is 0. The third kappa shape index (κ3) is 3.27. The molecule has 9 nitrogen and oxygen atoms in total. The van der Waals surface area contributed by atoms with Crippen LogP contribution in [0.1, 0.15) is 18.1 Å².